The van der Waals surface area contributed by atoms with Crippen molar-refractivity contribution in [2.24, 2.45) is 5.92 Å². The van der Waals surface area contributed by atoms with Crippen LogP contribution in [-0.2, 0) is 25.5 Å². The number of aliphatic carboxylic acids is 1. The van der Waals surface area contributed by atoms with Gasteiger partial charge >= 0.3 is 12.0 Å². The summed E-state index contributed by atoms with van der Waals surface area (Å²) in [7, 11) is 0. The summed E-state index contributed by atoms with van der Waals surface area (Å²) < 4.78 is 11.2. The standard InChI is InChI=1S/C22H35N5O6/c1-14(2)16-12-32-8-4-5-9-33-13-17(19(28)25-16)26-21(31)27-22(3,20(29)30)10-15-6-7-18(23)24-11-15/h6-7,11,14,16-17H,4-5,8-10,12-13H2,1-3H3,(H2,23,24)(H,25,28)(H,29,30)(H2,26,27,31). The van der Waals surface area contributed by atoms with Crippen molar-refractivity contribution in [3.8, 4) is 0 Å². The summed E-state index contributed by atoms with van der Waals surface area (Å²) in [5, 5.41) is 17.7. The quantitative estimate of drug-likeness (QED) is 0.409. The Morgan fingerprint density at radius 2 is 1.94 bits per heavy atom. The third-order valence-electron chi connectivity index (χ3n) is 5.43. The number of pyridine rings is 1. The molecule has 33 heavy (non-hydrogen) atoms. The van der Waals surface area contributed by atoms with Crippen molar-refractivity contribution < 1.29 is 29.0 Å². The molecule has 0 radical (unpaired) electrons. The molecule has 1 aliphatic heterocycles. The molecule has 6 N–H and O–H groups in total. The highest BCUT2D eigenvalue weighted by molar-refractivity contribution is 5.90. The Kier molecular flexibility index (Phi) is 9.86. The maximum absolute atomic E-state index is 12.9. The van der Waals surface area contributed by atoms with Crippen LogP contribution in [0.1, 0.15) is 39.2 Å². The summed E-state index contributed by atoms with van der Waals surface area (Å²) in [4.78, 5) is 41.5. The number of nitrogens with one attached hydrogen (secondary N) is 3. The fourth-order valence-corrected chi connectivity index (χ4v) is 3.25. The zero-order valence-electron chi connectivity index (χ0n) is 19.4. The molecule has 2 heterocycles. The lowest BCUT2D eigenvalue weighted by atomic mass is 9.94. The average molecular weight is 466 g/mol. The molecular weight excluding hydrogens is 430 g/mol. The first-order valence-corrected chi connectivity index (χ1v) is 11.1. The summed E-state index contributed by atoms with van der Waals surface area (Å²) in [5.74, 6) is -1.23. The van der Waals surface area contributed by atoms with Gasteiger partial charge in [-0.15, -0.1) is 0 Å². The van der Waals surface area contributed by atoms with Crippen molar-refractivity contribution in [1.82, 2.24) is 20.9 Å². The second kappa shape index (κ2) is 12.4. The summed E-state index contributed by atoms with van der Waals surface area (Å²) >= 11 is 0. The van der Waals surface area contributed by atoms with Gasteiger partial charge < -0.3 is 36.3 Å². The number of carbonyl (C=O) groups excluding carboxylic acids is 2. The van der Waals surface area contributed by atoms with Gasteiger partial charge in [0, 0.05) is 25.8 Å². The number of nitrogen functional groups attached to an aromatic ring is 1. The van der Waals surface area contributed by atoms with Crippen LogP contribution in [0, 0.1) is 5.92 Å². The van der Waals surface area contributed by atoms with Gasteiger partial charge in [-0.3, -0.25) is 4.79 Å². The molecule has 3 amide bonds. The molecule has 0 aliphatic carbocycles. The number of carbonyl (C=O) groups is 3. The van der Waals surface area contributed by atoms with Gasteiger partial charge in [-0.05, 0) is 37.3 Å². The van der Waals surface area contributed by atoms with Crippen molar-refractivity contribution in [3.05, 3.63) is 23.9 Å². The fraction of sp³-hybridized carbons (Fsp3) is 0.636. The molecule has 0 aromatic carbocycles. The predicted molar refractivity (Wildman–Crippen MR) is 121 cm³/mol. The molecule has 1 aliphatic rings. The first kappa shape index (κ1) is 26.3. The second-order valence-electron chi connectivity index (χ2n) is 8.77. The molecule has 3 unspecified atom stereocenters. The minimum absolute atomic E-state index is 0.0246. The second-order valence-corrected chi connectivity index (χ2v) is 8.77. The molecule has 0 spiro atoms. The van der Waals surface area contributed by atoms with Gasteiger partial charge in [0.2, 0.25) is 5.91 Å². The number of anilines is 1. The first-order valence-electron chi connectivity index (χ1n) is 11.1. The lowest BCUT2D eigenvalue weighted by Crippen LogP contribution is -2.61. The number of urea groups is 1. The third-order valence-corrected chi connectivity index (χ3v) is 5.43. The zero-order valence-corrected chi connectivity index (χ0v) is 19.4. The first-order chi connectivity index (χ1) is 15.6. The molecule has 1 aromatic rings. The van der Waals surface area contributed by atoms with Gasteiger partial charge in [0.05, 0.1) is 19.3 Å². The van der Waals surface area contributed by atoms with Crippen LogP contribution >= 0.6 is 0 Å². The maximum Gasteiger partial charge on any atom is 0.329 e. The van der Waals surface area contributed by atoms with Crippen LogP contribution in [0.15, 0.2) is 18.3 Å². The molecule has 184 valence electrons. The van der Waals surface area contributed by atoms with E-state index in [0.717, 1.165) is 12.8 Å². The molecule has 0 bridgehead atoms. The van der Waals surface area contributed by atoms with Crippen molar-refractivity contribution in [3.63, 3.8) is 0 Å². The molecule has 0 saturated carbocycles. The van der Waals surface area contributed by atoms with Crippen molar-refractivity contribution in [1.29, 1.82) is 0 Å². The molecule has 2 rings (SSSR count). The van der Waals surface area contributed by atoms with E-state index in [9.17, 15) is 19.5 Å². The number of carboxylic acids is 1. The maximum atomic E-state index is 12.9. The van der Waals surface area contributed by atoms with E-state index in [-0.39, 0.29) is 25.0 Å². The third kappa shape index (κ3) is 8.50. The van der Waals surface area contributed by atoms with Crippen molar-refractivity contribution in [2.75, 3.05) is 32.2 Å². The average Bonchev–Trinajstić information content (AvgIpc) is 2.74. The molecule has 1 saturated heterocycles. The minimum Gasteiger partial charge on any atom is -0.480 e. The lowest BCUT2D eigenvalue weighted by molar-refractivity contribution is -0.143. The minimum atomic E-state index is -1.64. The van der Waals surface area contributed by atoms with Crippen LogP contribution in [0.5, 0.6) is 0 Å². The Bertz CT molecular complexity index is 803. The zero-order chi connectivity index (χ0) is 24.4. The number of rotatable bonds is 6. The molecule has 1 aromatic heterocycles. The van der Waals surface area contributed by atoms with E-state index >= 15 is 0 Å². The van der Waals surface area contributed by atoms with E-state index in [0.29, 0.717) is 31.2 Å². The van der Waals surface area contributed by atoms with Crippen LogP contribution < -0.4 is 21.7 Å². The molecule has 11 nitrogen and oxygen atoms in total. The van der Waals surface area contributed by atoms with Gasteiger partial charge in [-0.25, -0.2) is 14.6 Å². The Morgan fingerprint density at radius 1 is 1.27 bits per heavy atom. The van der Waals surface area contributed by atoms with Crippen LogP contribution in [0.3, 0.4) is 0 Å². The normalized spacial score (nSPS) is 22.2. The van der Waals surface area contributed by atoms with Gasteiger partial charge in [-0.2, -0.15) is 0 Å². The molecule has 1 fully saturated rings. The molecule has 11 heteroatoms. The highest BCUT2D eigenvalue weighted by Gasteiger charge is 2.36. The highest BCUT2D eigenvalue weighted by atomic mass is 16.5. The van der Waals surface area contributed by atoms with Crippen LogP contribution in [0.25, 0.3) is 0 Å². The Hall–Kier alpha value is -2.92. The van der Waals surface area contributed by atoms with Crippen LogP contribution in [-0.4, -0.2) is 72.0 Å². The number of amides is 3. The van der Waals surface area contributed by atoms with E-state index < -0.39 is 29.5 Å². The van der Waals surface area contributed by atoms with Crippen molar-refractivity contribution in [2.45, 2.75) is 57.7 Å². The number of hydrogen-bond acceptors (Lipinski definition) is 7. The van der Waals surface area contributed by atoms with E-state index in [1.165, 1.54) is 13.1 Å². The highest BCUT2D eigenvalue weighted by Crippen LogP contribution is 2.14. The number of hydrogen-bond donors (Lipinski definition) is 5. The molecular formula is C22H35N5O6. The van der Waals surface area contributed by atoms with E-state index in [1.807, 2.05) is 13.8 Å². The summed E-state index contributed by atoms with van der Waals surface area (Å²) in [6.07, 6.45) is 3.02. The van der Waals surface area contributed by atoms with Gasteiger partial charge in [0.15, 0.2) is 0 Å². The number of carboxylic acid groups (broad SMARTS) is 1. The van der Waals surface area contributed by atoms with Gasteiger partial charge in [0.1, 0.15) is 17.4 Å². The van der Waals surface area contributed by atoms with Crippen LogP contribution in [0.2, 0.25) is 0 Å². The van der Waals surface area contributed by atoms with E-state index in [1.54, 1.807) is 12.1 Å². The van der Waals surface area contributed by atoms with Gasteiger partial charge in [0.25, 0.3) is 0 Å². The van der Waals surface area contributed by atoms with Crippen LogP contribution in [0.4, 0.5) is 10.6 Å². The number of nitrogens with two attached hydrogens (primary N) is 1. The van der Waals surface area contributed by atoms with E-state index in [4.69, 9.17) is 15.2 Å². The lowest BCUT2D eigenvalue weighted by Gasteiger charge is -2.29. The van der Waals surface area contributed by atoms with E-state index in [2.05, 4.69) is 20.9 Å². The summed E-state index contributed by atoms with van der Waals surface area (Å²) in [6.45, 7) is 6.67. The Labute approximate surface area is 193 Å². The topological polar surface area (TPSA) is 165 Å². The Balaban J connectivity index is 2.09. The number of ether oxygens (including phenoxy) is 2. The predicted octanol–water partition coefficient (Wildman–Crippen LogP) is 0.685. The summed E-state index contributed by atoms with van der Waals surface area (Å²) in [5.41, 5.74) is 4.52. The smallest absolute Gasteiger partial charge is 0.329 e. The number of aromatic nitrogens is 1. The number of nitrogens with zero attached hydrogens (tertiary/aromatic N) is 1. The fourth-order valence-electron chi connectivity index (χ4n) is 3.25. The SMILES string of the molecule is CC(C)C1COCCCCOCC(NC(=O)NC(C)(Cc2ccc(N)nc2)C(=O)O)C(=O)N1. The molecule has 3 atom stereocenters. The Morgan fingerprint density at radius 3 is 2.52 bits per heavy atom. The largest absolute Gasteiger partial charge is 0.480 e. The summed E-state index contributed by atoms with van der Waals surface area (Å²) in [6, 6.07) is 1.18. The van der Waals surface area contributed by atoms with Crippen molar-refractivity contribution >= 4 is 23.7 Å². The van der Waals surface area contributed by atoms with Gasteiger partial charge in [-0.1, -0.05) is 19.9 Å². The monoisotopic (exact) mass is 465 g/mol.